The number of aromatic nitrogens is 2. The summed E-state index contributed by atoms with van der Waals surface area (Å²) in [5.74, 6) is 0.372. The van der Waals surface area contributed by atoms with Crippen molar-refractivity contribution >= 4 is 23.2 Å². The molecule has 0 saturated carbocycles. The molecule has 0 aliphatic carbocycles. The molecule has 7 nitrogen and oxygen atoms in total. The molecule has 2 aromatic carbocycles. The molecule has 1 aliphatic heterocycles. The van der Waals surface area contributed by atoms with Crippen LogP contribution in [0.4, 0.5) is 0 Å². The maximum atomic E-state index is 12.6. The molecule has 1 aromatic heterocycles. The zero-order valence-corrected chi connectivity index (χ0v) is 17.3. The molecule has 2 N–H and O–H groups in total. The van der Waals surface area contributed by atoms with Crippen molar-refractivity contribution in [2.45, 2.75) is 13.0 Å². The number of benzene rings is 2. The van der Waals surface area contributed by atoms with E-state index in [2.05, 4.69) is 15.8 Å². The van der Waals surface area contributed by atoms with E-state index in [4.69, 9.17) is 21.2 Å². The summed E-state index contributed by atoms with van der Waals surface area (Å²) in [5.41, 5.74) is 6.83. The van der Waals surface area contributed by atoms with Crippen LogP contribution in [-0.4, -0.2) is 35.2 Å². The van der Waals surface area contributed by atoms with Gasteiger partial charge >= 0.3 is 0 Å². The summed E-state index contributed by atoms with van der Waals surface area (Å²) in [6.45, 7) is 2.23. The summed E-state index contributed by atoms with van der Waals surface area (Å²) in [5, 5.41) is 3.54. The van der Waals surface area contributed by atoms with E-state index in [9.17, 15) is 4.79 Å². The van der Waals surface area contributed by atoms with E-state index in [1.807, 2.05) is 54.1 Å². The number of amides is 1. The van der Waals surface area contributed by atoms with Gasteiger partial charge in [-0.1, -0.05) is 23.7 Å². The minimum absolute atomic E-state index is 0.213. The summed E-state index contributed by atoms with van der Waals surface area (Å²) < 4.78 is 7.32. The summed E-state index contributed by atoms with van der Waals surface area (Å²) in [6.07, 6.45) is 5.22. The van der Waals surface area contributed by atoms with Gasteiger partial charge in [-0.3, -0.25) is 15.1 Å². The van der Waals surface area contributed by atoms with E-state index in [1.54, 1.807) is 25.6 Å². The van der Waals surface area contributed by atoms with Gasteiger partial charge < -0.3 is 14.6 Å². The lowest BCUT2D eigenvalue weighted by Crippen LogP contribution is -2.32. The third kappa shape index (κ3) is 4.32. The lowest BCUT2D eigenvalue weighted by molar-refractivity contribution is 0.0498. The van der Waals surface area contributed by atoms with Crippen LogP contribution in [-0.2, 0) is 4.84 Å². The maximum Gasteiger partial charge on any atom is 0.251 e. The molecule has 30 heavy (non-hydrogen) atoms. The number of halogens is 1. The highest BCUT2D eigenvalue weighted by molar-refractivity contribution is 6.30. The van der Waals surface area contributed by atoms with Gasteiger partial charge in [-0.05, 0) is 43.3 Å². The second kappa shape index (κ2) is 8.61. The topological polar surface area (TPSA) is 77.4 Å². The van der Waals surface area contributed by atoms with E-state index in [1.165, 1.54) is 0 Å². The van der Waals surface area contributed by atoms with Crippen LogP contribution < -0.4 is 15.5 Å². The van der Waals surface area contributed by atoms with Gasteiger partial charge in [-0.15, -0.1) is 0 Å². The first-order chi connectivity index (χ1) is 14.5. The van der Waals surface area contributed by atoms with Gasteiger partial charge in [0.1, 0.15) is 11.9 Å². The normalized spacial score (nSPS) is 15.4. The van der Waals surface area contributed by atoms with Gasteiger partial charge in [0.25, 0.3) is 5.91 Å². The van der Waals surface area contributed by atoms with Gasteiger partial charge in [0.05, 0.1) is 37.1 Å². The first-order valence-electron chi connectivity index (χ1n) is 9.40. The van der Waals surface area contributed by atoms with Gasteiger partial charge in [0, 0.05) is 22.3 Å². The van der Waals surface area contributed by atoms with E-state index in [-0.39, 0.29) is 12.0 Å². The molecule has 0 spiro atoms. The minimum Gasteiger partial charge on any atom is -0.495 e. The Bertz CT molecular complexity index is 1110. The summed E-state index contributed by atoms with van der Waals surface area (Å²) >= 11 is 6.04. The van der Waals surface area contributed by atoms with Crippen LogP contribution in [0.5, 0.6) is 5.75 Å². The maximum absolute atomic E-state index is 12.6. The number of hydroxylamine groups is 1. The van der Waals surface area contributed by atoms with Crippen LogP contribution in [0, 0.1) is 6.92 Å². The van der Waals surface area contributed by atoms with Crippen molar-refractivity contribution in [3.05, 3.63) is 82.9 Å². The van der Waals surface area contributed by atoms with Crippen molar-refractivity contribution in [2.75, 3.05) is 13.7 Å². The minimum atomic E-state index is -0.293. The van der Waals surface area contributed by atoms with Crippen LogP contribution in [0.3, 0.4) is 0 Å². The van der Waals surface area contributed by atoms with Crippen molar-refractivity contribution in [1.82, 2.24) is 20.3 Å². The summed E-state index contributed by atoms with van der Waals surface area (Å²) in [7, 11) is 1.57. The molecule has 2 heterocycles. The third-order valence-electron chi connectivity index (χ3n) is 4.70. The monoisotopic (exact) mass is 424 g/mol. The number of imidazole rings is 1. The molecular formula is C22H21ClN4O3. The van der Waals surface area contributed by atoms with Crippen molar-refractivity contribution in [1.29, 1.82) is 0 Å². The van der Waals surface area contributed by atoms with Crippen LogP contribution in [0.2, 0.25) is 5.02 Å². The predicted molar refractivity (Wildman–Crippen MR) is 115 cm³/mol. The predicted octanol–water partition coefficient (Wildman–Crippen LogP) is 3.52. The quantitative estimate of drug-likeness (QED) is 0.633. The largest absolute Gasteiger partial charge is 0.495 e. The van der Waals surface area contributed by atoms with Gasteiger partial charge in [-0.2, -0.15) is 0 Å². The molecule has 1 aliphatic rings. The number of hydrogen-bond donors (Lipinski definition) is 2. The van der Waals surface area contributed by atoms with E-state index in [0.717, 1.165) is 22.6 Å². The van der Waals surface area contributed by atoms with Crippen molar-refractivity contribution in [3.63, 3.8) is 0 Å². The molecule has 0 radical (unpaired) electrons. The van der Waals surface area contributed by atoms with Crippen LogP contribution >= 0.6 is 11.6 Å². The second-order valence-electron chi connectivity index (χ2n) is 6.87. The summed E-state index contributed by atoms with van der Waals surface area (Å²) in [4.78, 5) is 22.4. The first kappa shape index (κ1) is 20.0. The van der Waals surface area contributed by atoms with Crippen LogP contribution in [0.25, 0.3) is 11.4 Å². The first-order valence-corrected chi connectivity index (χ1v) is 9.78. The van der Waals surface area contributed by atoms with Gasteiger partial charge in [-0.25, -0.2) is 4.98 Å². The number of carbonyl (C=O) groups excluding carboxylic acids is 1. The second-order valence-corrected chi connectivity index (χ2v) is 7.30. The Hall–Kier alpha value is -3.29. The Balaban J connectivity index is 1.42. The van der Waals surface area contributed by atoms with Crippen LogP contribution in [0.15, 0.2) is 61.1 Å². The average Bonchev–Trinajstić information content (AvgIpc) is 3.40. The lowest BCUT2D eigenvalue weighted by Gasteiger charge is -2.12. The SMILES string of the molecule is COc1cc(C(=O)NCC2C=C(c3cccc(Cl)c3)NO2)ccc1-n1cnc(C)c1. The number of methoxy groups -OCH3 is 1. The number of hydrogen-bond acceptors (Lipinski definition) is 5. The number of rotatable bonds is 6. The molecule has 1 unspecified atom stereocenters. The number of nitrogens with zero attached hydrogens (tertiary/aromatic N) is 2. The molecule has 8 heteroatoms. The Labute approximate surface area is 179 Å². The molecule has 154 valence electrons. The molecule has 1 atom stereocenters. The average molecular weight is 425 g/mol. The molecule has 0 bridgehead atoms. The molecule has 0 saturated heterocycles. The Kier molecular flexibility index (Phi) is 5.74. The fraction of sp³-hybridized carbons (Fsp3) is 0.182. The van der Waals surface area contributed by atoms with Crippen molar-refractivity contribution in [3.8, 4) is 11.4 Å². The highest BCUT2D eigenvalue weighted by Crippen LogP contribution is 2.25. The Morgan fingerprint density at radius 1 is 1.33 bits per heavy atom. The molecule has 1 amide bonds. The molecule has 3 aromatic rings. The number of aryl methyl sites for hydroxylation is 1. The highest BCUT2D eigenvalue weighted by atomic mass is 35.5. The fourth-order valence-electron chi connectivity index (χ4n) is 3.19. The molecule has 0 fully saturated rings. The standard InChI is InChI=1S/C22H21ClN4O3/c1-14-12-27(13-25-14)20-7-6-16(9-21(20)29-2)22(28)24-11-18-10-19(26-30-18)15-4-3-5-17(23)8-15/h3-10,12-13,18,26H,11H2,1-2H3,(H,24,28). The Morgan fingerprint density at radius 2 is 2.20 bits per heavy atom. The van der Waals surface area contributed by atoms with Gasteiger partial charge in [0.2, 0.25) is 0 Å². The molecule has 4 rings (SSSR count). The van der Waals surface area contributed by atoms with Crippen LogP contribution in [0.1, 0.15) is 21.6 Å². The number of nitrogens with one attached hydrogen (secondary N) is 2. The van der Waals surface area contributed by atoms with E-state index in [0.29, 0.717) is 22.9 Å². The fourth-order valence-corrected chi connectivity index (χ4v) is 3.38. The Morgan fingerprint density at radius 3 is 2.93 bits per heavy atom. The number of ether oxygens (including phenoxy) is 1. The zero-order chi connectivity index (χ0) is 21.1. The van der Waals surface area contributed by atoms with E-state index < -0.39 is 0 Å². The smallest absolute Gasteiger partial charge is 0.251 e. The van der Waals surface area contributed by atoms with Gasteiger partial charge in [0.15, 0.2) is 0 Å². The third-order valence-corrected chi connectivity index (χ3v) is 4.94. The number of carbonyl (C=O) groups is 1. The van der Waals surface area contributed by atoms with Crippen molar-refractivity contribution < 1.29 is 14.4 Å². The zero-order valence-electron chi connectivity index (χ0n) is 16.6. The van der Waals surface area contributed by atoms with Crippen molar-refractivity contribution in [2.24, 2.45) is 0 Å². The van der Waals surface area contributed by atoms with E-state index >= 15 is 0 Å². The lowest BCUT2D eigenvalue weighted by atomic mass is 10.1. The summed E-state index contributed by atoms with van der Waals surface area (Å²) in [6, 6.07) is 12.8. The highest BCUT2D eigenvalue weighted by Gasteiger charge is 2.19. The molecular weight excluding hydrogens is 404 g/mol.